The Morgan fingerprint density at radius 1 is 1.10 bits per heavy atom. The molecule has 6 nitrogen and oxygen atoms in total. The summed E-state index contributed by atoms with van der Waals surface area (Å²) >= 11 is 0. The van der Waals surface area contributed by atoms with Crippen LogP contribution in [0, 0.1) is 12.7 Å². The van der Waals surface area contributed by atoms with E-state index in [1.165, 1.54) is 25.3 Å². The van der Waals surface area contributed by atoms with Gasteiger partial charge in [-0.3, -0.25) is 4.79 Å². The Labute approximate surface area is 231 Å². The Morgan fingerprint density at radius 2 is 1.80 bits per heavy atom. The number of carbonyl (C=O) groups excluding carboxylic acids is 1. The number of amides is 1. The molecule has 3 aromatic rings. The lowest BCUT2D eigenvalue weighted by molar-refractivity contribution is -0.138. The van der Waals surface area contributed by atoms with E-state index in [0.29, 0.717) is 29.5 Å². The number of aryl methyl sites for hydroxylation is 1. The molecule has 0 aromatic heterocycles. The first kappa shape index (κ1) is 29.5. The second kappa shape index (κ2) is 11.6. The van der Waals surface area contributed by atoms with Gasteiger partial charge in [0.1, 0.15) is 17.6 Å². The number of nitrogens with one attached hydrogen (secondary N) is 1. The Kier molecular flexibility index (Phi) is 8.55. The topological polar surface area (TPSA) is 75.7 Å². The predicted octanol–water partition coefficient (Wildman–Crippen LogP) is 5.86. The summed E-state index contributed by atoms with van der Waals surface area (Å²) < 4.78 is 86.9. The van der Waals surface area contributed by atoms with Crippen molar-refractivity contribution in [3.05, 3.63) is 82.7 Å². The number of ether oxygens (including phenoxy) is 1. The van der Waals surface area contributed by atoms with E-state index in [9.17, 15) is 30.8 Å². The first-order valence-electron chi connectivity index (χ1n) is 12.8. The standard InChI is InChI=1S/C29H30F4N2O4S/c1-4-23-25(29(31,32)33)12-11-24(27(23)39-3)20-15-18(2)14-19(16-20)17-34-28(36)26-6-5-13-35(26)40(37,38)22-9-7-21(30)8-10-22/h7-12,14-16,26H,4-6,13,17H2,1-3H3,(H,34,36). The van der Waals surface area contributed by atoms with Crippen LogP contribution < -0.4 is 10.1 Å². The minimum atomic E-state index is -4.52. The van der Waals surface area contributed by atoms with Crippen LogP contribution in [0.5, 0.6) is 5.75 Å². The highest BCUT2D eigenvalue weighted by Gasteiger charge is 2.39. The average Bonchev–Trinajstić information content (AvgIpc) is 3.41. The zero-order chi connectivity index (χ0) is 29.2. The average molecular weight is 579 g/mol. The van der Waals surface area contributed by atoms with Gasteiger partial charge >= 0.3 is 6.18 Å². The molecule has 1 amide bonds. The van der Waals surface area contributed by atoms with Gasteiger partial charge in [-0.25, -0.2) is 12.8 Å². The van der Waals surface area contributed by atoms with Crippen molar-refractivity contribution in [2.75, 3.05) is 13.7 Å². The van der Waals surface area contributed by atoms with Gasteiger partial charge in [-0.15, -0.1) is 0 Å². The third-order valence-corrected chi connectivity index (χ3v) is 8.89. The number of alkyl halides is 3. The number of hydrogen-bond donors (Lipinski definition) is 1. The van der Waals surface area contributed by atoms with Crippen LogP contribution in [0.15, 0.2) is 59.5 Å². The number of methoxy groups -OCH3 is 1. The molecular weight excluding hydrogens is 548 g/mol. The van der Waals surface area contributed by atoms with Gasteiger partial charge in [-0.2, -0.15) is 17.5 Å². The van der Waals surface area contributed by atoms with Crippen molar-refractivity contribution in [2.45, 2.75) is 56.8 Å². The van der Waals surface area contributed by atoms with Gasteiger partial charge in [0.15, 0.2) is 0 Å². The zero-order valence-electron chi connectivity index (χ0n) is 22.3. The van der Waals surface area contributed by atoms with Crippen molar-refractivity contribution in [1.29, 1.82) is 0 Å². The molecule has 1 aliphatic rings. The molecule has 1 fully saturated rings. The third-order valence-electron chi connectivity index (χ3n) is 6.97. The number of halogens is 4. The highest BCUT2D eigenvalue weighted by Crippen LogP contribution is 2.42. The maximum Gasteiger partial charge on any atom is 0.416 e. The van der Waals surface area contributed by atoms with Crippen LogP contribution in [0.3, 0.4) is 0 Å². The predicted molar refractivity (Wildman–Crippen MR) is 143 cm³/mol. The Balaban J connectivity index is 1.57. The van der Waals surface area contributed by atoms with Crippen molar-refractivity contribution in [1.82, 2.24) is 9.62 Å². The van der Waals surface area contributed by atoms with Crippen molar-refractivity contribution >= 4 is 15.9 Å². The van der Waals surface area contributed by atoms with Crippen LogP contribution in [0.4, 0.5) is 17.6 Å². The lowest BCUT2D eigenvalue weighted by Gasteiger charge is -2.23. The number of hydrogen-bond acceptors (Lipinski definition) is 4. The Hall–Kier alpha value is -3.44. The maximum absolute atomic E-state index is 13.6. The molecule has 0 radical (unpaired) electrons. The summed E-state index contributed by atoms with van der Waals surface area (Å²) in [5.74, 6) is -0.885. The van der Waals surface area contributed by atoms with E-state index in [2.05, 4.69) is 5.32 Å². The third kappa shape index (κ3) is 6.00. The molecule has 1 unspecified atom stereocenters. The Morgan fingerprint density at radius 3 is 2.42 bits per heavy atom. The van der Waals surface area contributed by atoms with Gasteiger partial charge in [0.05, 0.1) is 17.6 Å². The molecule has 1 atom stereocenters. The smallest absolute Gasteiger partial charge is 0.416 e. The fraction of sp³-hybridized carbons (Fsp3) is 0.345. The lowest BCUT2D eigenvalue weighted by atomic mass is 9.93. The zero-order valence-corrected chi connectivity index (χ0v) is 23.1. The van der Waals surface area contributed by atoms with Gasteiger partial charge in [0.25, 0.3) is 0 Å². The maximum atomic E-state index is 13.6. The second-order valence-electron chi connectivity index (χ2n) is 9.68. The van der Waals surface area contributed by atoms with Crippen LogP contribution >= 0.6 is 0 Å². The molecule has 11 heteroatoms. The molecule has 1 saturated heterocycles. The summed E-state index contributed by atoms with van der Waals surface area (Å²) in [7, 11) is -2.66. The second-order valence-corrected chi connectivity index (χ2v) is 11.6. The highest BCUT2D eigenvalue weighted by molar-refractivity contribution is 7.89. The monoisotopic (exact) mass is 578 g/mol. The van der Waals surface area contributed by atoms with Crippen molar-refractivity contribution in [3.63, 3.8) is 0 Å². The van der Waals surface area contributed by atoms with E-state index in [4.69, 9.17) is 4.74 Å². The van der Waals surface area contributed by atoms with E-state index < -0.39 is 39.5 Å². The molecule has 1 aliphatic heterocycles. The summed E-state index contributed by atoms with van der Waals surface area (Å²) in [6.07, 6.45) is -3.55. The number of rotatable bonds is 8. The minimum absolute atomic E-state index is 0.0625. The van der Waals surface area contributed by atoms with Gasteiger partial charge in [-0.1, -0.05) is 30.7 Å². The quantitative estimate of drug-likeness (QED) is 0.340. The van der Waals surface area contributed by atoms with Crippen molar-refractivity contribution in [3.8, 4) is 16.9 Å². The van der Waals surface area contributed by atoms with Gasteiger partial charge in [-0.05, 0) is 73.7 Å². The molecule has 4 rings (SSSR count). The SMILES string of the molecule is CCc1c(C(F)(F)F)ccc(-c2cc(C)cc(CNC(=O)C3CCCN3S(=O)(=O)c3ccc(F)cc3)c2)c1OC. The van der Waals surface area contributed by atoms with E-state index >= 15 is 0 Å². The molecule has 1 N–H and O–H groups in total. The molecular formula is C29H30F4N2O4S. The van der Waals surface area contributed by atoms with Crippen LogP contribution in [0.25, 0.3) is 11.1 Å². The number of sulfonamides is 1. The molecule has 40 heavy (non-hydrogen) atoms. The summed E-state index contributed by atoms with van der Waals surface area (Å²) in [6, 6.07) is 11.4. The molecule has 0 aliphatic carbocycles. The van der Waals surface area contributed by atoms with Crippen LogP contribution in [-0.4, -0.2) is 38.3 Å². The van der Waals surface area contributed by atoms with Crippen LogP contribution in [0.1, 0.15) is 42.0 Å². The summed E-state index contributed by atoms with van der Waals surface area (Å²) in [5.41, 5.74) is 1.96. The van der Waals surface area contributed by atoms with Crippen molar-refractivity contribution < 1.29 is 35.5 Å². The highest BCUT2D eigenvalue weighted by atomic mass is 32.2. The normalized spacial score (nSPS) is 16.2. The molecule has 0 saturated carbocycles. The number of carbonyl (C=O) groups is 1. The summed E-state index contributed by atoms with van der Waals surface area (Å²) in [6.45, 7) is 3.72. The minimum Gasteiger partial charge on any atom is -0.496 e. The van der Waals surface area contributed by atoms with E-state index in [-0.39, 0.29) is 35.7 Å². The van der Waals surface area contributed by atoms with E-state index in [1.54, 1.807) is 13.0 Å². The largest absolute Gasteiger partial charge is 0.496 e. The van der Waals surface area contributed by atoms with Gasteiger partial charge < -0.3 is 10.1 Å². The fourth-order valence-electron chi connectivity index (χ4n) is 5.16. The van der Waals surface area contributed by atoms with E-state index in [0.717, 1.165) is 28.1 Å². The van der Waals surface area contributed by atoms with Gasteiger partial charge in [0.2, 0.25) is 15.9 Å². The van der Waals surface area contributed by atoms with Crippen LogP contribution in [0.2, 0.25) is 0 Å². The fourth-order valence-corrected chi connectivity index (χ4v) is 6.82. The molecule has 1 heterocycles. The molecule has 0 bridgehead atoms. The molecule has 214 valence electrons. The summed E-state index contributed by atoms with van der Waals surface area (Å²) in [5, 5.41) is 2.80. The molecule has 0 spiro atoms. The number of nitrogens with zero attached hydrogens (tertiary/aromatic N) is 1. The van der Waals surface area contributed by atoms with E-state index in [1.807, 2.05) is 19.1 Å². The first-order valence-corrected chi connectivity index (χ1v) is 14.2. The van der Waals surface area contributed by atoms with Crippen LogP contribution in [-0.2, 0) is 34.0 Å². The first-order chi connectivity index (χ1) is 18.9. The number of benzene rings is 3. The van der Waals surface area contributed by atoms with Gasteiger partial charge in [0, 0.05) is 24.2 Å². The molecule has 3 aromatic carbocycles. The van der Waals surface area contributed by atoms with Crippen molar-refractivity contribution in [2.24, 2.45) is 0 Å². The summed E-state index contributed by atoms with van der Waals surface area (Å²) in [4.78, 5) is 13.0. The Bertz CT molecular complexity index is 1510. The lowest BCUT2D eigenvalue weighted by Crippen LogP contribution is -2.45.